The standard InChI is InChI=1S/C13H14Cl2N2O4/c1-16(7-9-3-2-4-21-9)13(18)8-5-10(14)12(15)11(6-8)17(19)20/h5-6,9H,2-4,7H2,1H3. The highest BCUT2D eigenvalue weighted by molar-refractivity contribution is 6.43. The second kappa shape index (κ2) is 6.60. The first-order valence-electron chi connectivity index (χ1n) is 6.40. The molecule has 0 bridgehead atoms. The Morgan fingerprint density at radius 2 is 2.24 bits per heavy atom. The van der Waals surface area contributed by atoms with Crippen LogP contribution in [0.4, 0.5) is 5.69 Å². The van der Waals surface area contributed by atoms with Crippen LogP contribution in [0.1, 0.15) is 23.2 Å². The molecule has 6 nitrogen and oxygen atoms in total. The zero-order valence-corrected chi connectivity index (χ0v) is 12.9. The Morgan fingerprint density at radius 3 is 2.81 bits per heavy atom. The number of hydrogen-bond acceptors (Lipinski definition) is 4. The van der Waals surface area contributed by atoms with Gasteiger partial charge < -0.3 is 9.64 Å². The molecule has 1 aliphatic heterocycles. The van der Waals surface area contributed by atoms with Crippen molar-refractivity contribution in [3.63, 3.8) is 0 Å². The van der Waals surface area contributed by atoms with E-state index in [1.165, 1.54) is 11.0 Å². The van der Waals surface area contributed by atoms with Crippen LogP contribution < -0.4 is 0 Å². The van der Waals surface area contributed by atoms with Crippen molar-refractivity contribution in [1.29, 1.82) is 0 Å². The van der Waals surface area contributed by atoms with Gasteiger partial charge in [0, 0.05) is 31.8 Å². The minimum atomic E-state index is -0.662. The second-order valence-corrected chi connectivity index (χ2v) is 5.65. The van der Waals surface area contributed by atoms with Gasteiger partial charge in [0.05, 0.1) is 16.0 Å². The summed E-state index contributed by atoms with van der Waals surface area (Å²) in [5.41, 5.74) is -0.241. The largest absolute Gasteiger partial charge is 0.376 e. The van der Waals surface area contributed by atoms with E-state index in [2.05, 4.69) is 0 Å². The third-order valence-electron chi connectivity index (χ3n) is 3.30. The zero-order chi connectivity index (χ0) is 15.6. The average molecular weight is 333 g/mol. The molecule has 1 atom stereocenters. The summed E-state index contributed by atoms with van der Waals surface area (Å²) in [6.07, 6.45) is 1.89. The molecule has 2 rings (SSSR count). The third kappa shape index (κ3) is 3.64. The molecule has 1 heterocycles. The van der Waals surface area contributed by atoms with Crippen molar-refractivity contribution in [2.24, 2.45) is 0 Å². The van der Waals surface area contributed by atoms with Crippen LogP contribution in [-0.2, 0) is 4.74 Å². The number of hydrogen-bond donors (Lipinski definition) is 0. The second-order valence-electron chi connectivity index (χ2n) is 4.87. The molecule has 8 heteroatoms. The number of rotatable bonds is 4. The number of nitro benzene ring substituents is 1. The fraction of sp³-hybridized carbons (Fsp3) is 0.462. The fourth-order valence-corrected chi connectivity index (χ4v) is 2.62. The van der Waals surface area contributed by atoms with Crippen LogP contribution in [0, 0.1) is 10.1 Å². The normalized spacial score (nSPS) is 17.8. The summed E-state index contributed by atoms with van der Waals surface area (Å²) in [5, 5.41) is 10.7. The van der Waals surface area contributed by atoms with E-state index in [1.807, 2.05) is 0 Å². The highest BCUT2D eigenvalue weighted by Crippen LogP contribution is 2.33. The Bertz CT molecular complexity index is 574. The molecule has 0 aromatic heterocycles. The first-order chi connectivity index (χ1) is 9.90. The summed E-state index contributed by atoms with van der Waals surface area (Å²) in [5.74, 6) is -0.354. The van der Waals surface area contributed by atoms with Gasteiger partial charge in [0.2, 0.25) is 0 Å². The Labute approximate surface area is 131 Å². The van der Waals surface area contributed by atoms with E-state index in [9.17, 15) is 14.9 Å². The lowest BCUT2D eigenvalue weighted by Crippen LogP contribution is -2.34. The maximum absolute atomic E-state index is 12.3. The number of carbonyl (C=O) groups is 1. The first kappa shape index (κ1) is 16.0. The smallest absolute Gasteiger partial charge is 0.290 e. The quantitative estimate of drug-likeness (QED) is 0.627. The molecule has 0 saturated carbocycles. The fourth-order valence-electron chi connectivity index (χ4n) is 2.23. The number of amides is 1. The molecule has 1 aromatic rings. The molecule has 0 N–H and O–H groups in total. The van der Waals surface area contributed by atoms with Gasteiger partial charge in [0.15, 0.2) is 0 Å². The lowest BCUT2D eigenvalue weighted by atomic mass is 10.1. The van der Waals surface area contributed by atoms with Gasteiger partial charge >= 0.3 is 0 Å². The molecule has 0 aliphatic carbocycles. The van der Waals surface area contributed by atoms with Gasteiger partial charge in [-0.15, -0.1) is 0 Å². The van der Waals surface area contributed by atoms with Gasteiger partial charge in [-0.3, -0.25) is 14.9 Å². The molecule has 1 aromatic carbocycles. The van der Waals surface area contributed by atoms with Crippen molar-refractivity contribution < 1.29 is 14.5 Å². The summed E-state index contributed by atoms with van der Waals surface area (Å²) in [4.78, 5) is 24.0. The van der Waals surface area contributed by atoms with Gasteiger partial charge in [0.25, 0.3) is 11.6 Å². The van der Waals surface area contributed by atoms with Crippen molar-refractivity contribution in [2.45, 2.75) is 18.9 Å². The molecule has 21 heavy (non-hydrogen) atoms. The number of ether oxygens (including phenoxy) is 1. The maximum Gasteiger partial charge on any atom is 0.290 e. The molecular weight excluding hydrogens is 319 g/mol. The van der Waals surface area contributed by atoms with E-state index < -0.39 is 4.92 Å². The Kier molecular flexibility index (Phi) is 5.03. The van der Waals surface area contributed by atoms with Crippen molar-refractivity contribution in [3.8, 4) is 0 Å². The van der Waals surface area contributed by atoms with E-state index in [-0.39, 0.29) is 33.3 Å². The van der Waals surface area contributed by atoms with Crippen LogP contribution >= 0.6 is 23.2 Å². The molecule has 0 radical (unpaired) electrons. The van der Waals surface area contributed by atoms with Gasteiger partial charge in [-0.1, -0.05) is 23.2 Å². The molecular formula is C13H14Cl2N2O4. The minimum Gasteiger partial charge on any atom is -0.376 e. The lowest BCUT2D eigenvalue weighted by Gasteiger charge is -2.21. The van der Waals surface area contributed by atoms with E-state index in [1.54, 1.807) is 7.05 Å². The highest BCUT2D eigenvalue weighted by Gasteiger charge is 2.24. The zero-order valence-electron chi connectivity index (χ0n) is 11.3. The minimum absolute atomic E-state index is 0.0108. The number of nitrogens with zero attached hydrogens (tertiary/aromatic N) is 2. The molecule has 1 fully saturated rings. The van der Waals surface area contributed by atoms with Crippen molar-refractivity contribution >= 4 is 34.8 Å². The molecule has 1 unspecified atom stereocenters. The monoisotopic (exact) mass is 332 g/mol. The summed E-state index contributed by atoms with van der Waals surface area (Å²) in [6, 6.07) is 2.48. The van der Waals surface area contributed by atoms with Gasteiger partial charge in [-0.2, -0.15) is 0 Å². The van der Waals surface area contributed by atoms with Gasteiger partial charge in [0.1, 0.15) is 5.02 Å². The summed E-state index contributed by atoms with van der Waals surface area (Å²) < 4.78 is 5.47. The average Bonchev–Trinajstić information content (AvgIpc) is 2.93. The predicted molar refractivity (Wildman–Crippen MR) is 79.1 cm³/mol. The first-order valence-corrected chi connectivity index (χ1v) is 7.16. The maximum atomic E-state index is 12.3. The molecule has 1 aliphatic rings. The molecule has 1 saturated heterocycles. The number of carbonyl (C=O) groups excluding carboxylic acids is 1. The van der Waals surface area contributed by atoms with Crippen LogP contribution in [0.2, 0.25) is 10.0 Å². The Balaban J connectivity index is 2.20. The molecule has 114 valence electrons. The van der Waals surface area contributed by atoms with Crippen LogP contribution in [0.5, 0.6) is 0 Å². The van der Waals surface area contributed by atoms with Crippen LogP contribution in [0.25, 0.3) is 0 Å². The number of benzene rings is 1. The van der Waals surface area contributed by atoms with Crippen LogP contribution in [0.15, 0.2) is 12.1 Å². The summed E-state index contributed by atoms with van der Waals surface area (Å²) in [6.45, 7) is 1.14. The van der Waals surface area contributed by atoms with E-state index in [0.717, 1.165) is 18.9 Å². The highest BCUT2D eigenvalue weighted by atomic mass is 35.5. The van der Waals surface area contributed by atoms with Gasteiger partial charge in [-0.05, 0) is 18.9 Å². The summed E-state index contributed by atoms with van der Waals surface area (Å²) in [7, 11) is 1.62. The molecule has 0 spiro atoms. The molecule has 1 amide bonds. The van der Waals surface area contributed by atoms with Crippen LogP contribution in [-0.4, -0.2) is 42.0 Å². The van der Waals surface area contributed by atoms with Gasteiger partial charge in [-0.25, -0.2) is 0 Å². The lowest BCUT2D eigenvalue weighted by molar-refractivity contribution is -0.384. The van der Waals surface area contributed by atoms with Crippen molar-refractivity contribution in [3.05, 3.63) is 37.9 Å². The topological polar surface area (TPSA) is 72.7 Å². The number of nitro groups is 1. The van der Waals surface area contributed by atoms with E-state index in [4.69, 9.17) is 27.9 Å². The number of likely N-dealkylation sites (N-methyl/N-ethyl adjacent to an activating group) is 1. The predicted octanol–water partition coefficient (Wildman–Crippen LogP) is 3.15. The SMILES string of the molecule is CN(CC1CCCO1)C(=O)c1cc(Cl)c(Cl)c([N+](=O)[O-])c1. The number of halogens is 2. The van der Waals surface area contributed by atoms with Crippen molar-refractivity contribution in [2.75, 3.05) is 20.2 Å². The van der Waals surface area contributed by atoms with Crippen LogP contribution in [0.3, 0.4) is 0 Å². The Morgan fingerprint density at radius 1 is 1.52 bits per heavy atom. The Hall–Kier alpha value is -1.37. The van der Waals surface area contributed by atoms with E-state index in [0.29, 0.717) is 13.2 Å². The third-order valence-corrected chi connectivity index (χ3v) is 4.09. The summed E-state index contributed by atoms with van der Waals surface area (Å²) >= 11 is 11.6. The van der Waals surface area contributed by atoms with Crippen molar-refractivity contribution in [1.82, 2.24) is 4.90 Å². The van der Waals surface area contributed by atoms with E-state index >= 15 is 0 Å².